The molecule has 0 aromatic heterocycles. The maximum absolute atomic E-state index is 12.9. The molecule has 0 bridgehead atoms. The number of urea groups is 1. The van der Waals surface area contributed by atoms with Crippen molar-refractivity contribution >= 4 is 11.9 Å². The fourth-order valence-electron chi connectivity index (χ4n) is 4.67. The highest BCUT2D eigenvalue weighted by molar-refractivity contribution is 5.80. The van der Waals surface area contributed by atoms with E-state index >= 15 is 0 Å². The molecule has 1 N–H and O–H groups in total. The third-order valence-corrected chi connectivity index (χ3v) is 6.57. The summed E-state index contributed by atoms with van der Waals surface area (Å²) in [6, 6.07) is 9.03. The molecule has 152 valence electrons. The van der Waals surface area contributed by atoms with Gasteiger partial charge in [-0.05, 0) is 63.4 Å². The first-order valence-electron chi connectivity index (χ1n) is 11.0. The van der Waals surface area contributed by atoms with Gasteiger partial charge in [-0.2, -0.15) is 0 Å². The zero-order valence-electron chi connectivity index (χ0n) is 17.0. The Bertz CT molecular complexity index is 702. The molecule has 1 saturated carbocycles. The van der Waals surface area contributed by atoms with Crippen LogP contribution in [0.5, 0.6) is 0 Å². The molecule has 3 fully saturated rings. The molecule has 3 aliphatic rings. The van der Waals surface area contributed by atoms with Gasteiger partial charge in [0, 0.05) is 38.1 Å². The van der Waals surface area contributed by atoms with Crippen LogP contribution in [0.2, 0.25) is 0 Å². The van der Waals surface area contributed by atoms with Crippen LogP contribution < -0.4 is 5.32 Å². The van der Waals surface area contributed by atoms with Gasteiger partial charge in [-0.3, -0.25) is 4.79 Å². The van der Waals surface area contributed by atoms with Gasteiger partial charge in [-0.25, -0.2) is 4.79 Å². The molecule has 1 unspecified atom stereocenters. The van der Waals surface area contributed by atoms with Gasteiger partial charge < -0.3 is 15.1 Å². The van der Waals surface area contributed by atoms with E-state index in [0.717, 1.165) is 45.2 Å². The van der Waals surface area contributed by atoms with E-state index in [0.29, 0.717) is 19.0 Å². The SMILES string of the molecule is Cc1cccc(CC(NC(=O)C2CCN(C(=O)N3CCCC3)CC2)C2CC2)c1. The van der Waals surface area contributed by atoms with Gasteiger partial charge in [-0.15, -0.1) is 0 Å². The van der Waals surface area contributed by atoms with Gasteiger partial charge in [0.15, 0.2) is 0 Å². The highest BCUT2D eigenvalue weighted by Crippen LogP contribution is 2.34. The molecule has 2 saturated heterocycles. The van der Waals surface area contributed by atoms with Crippen LogP contribution in [0.1, 0.15) is 49.7 Å². The molecule has 28 heavy (non-hydrogen) atoms. The van der Waals surface area contributed by atoms with Gasteiger partial charge in [0.25, 0.3) is 0 Å². The Morgan fingerprint density at radius 1 is 1.04 bits per heavy atom. The summed E-state index contributed by atoms with van der Waals surface area (Å²) in [5, 5.41) is 3.36. The topological polar surface area (TPSA) is 52.7 Å². The van der Waals surface area contributed by atoms with E-state index in [1.54, 1.807) is 0 Å². The second-order valence-electron chi connectivity index (χ2n) is 8.88. The van der Waals surface area contributed by atoms with E-state index in [9.17, 15) is 9.59 Å². The fourth-order valence-corrected chi connectivity index (χ4v) is 4.67. The molecule has 2 aliphatic heterocycles. The first-order chi connectivity index (χ1) is 13.6. The summed E-state index contributed by atoms with van der Waals surface area (Å²) in [4.78, 5) is 29.3. The number of piperidine rings is 1. The predicted molar refractivity (Wildman–Crippen MR) is 110 cm³/mol. The van der Waals surface area contributed by atoms with Crippen molar-refractivity contribution in [2.45, 2.75) is 57.9 Å². The monoisotopic (exact) mass is 383 g/mol. The zero-order chi connectivity index (χ0) is 19.5. The Balaban J connectivity index is 1.28. The Hall–Kier alpha value is -2.04. The lowest BCUT2D eigenvalue weighted by molar-refractivity contribution is -0.127. The summed E-state index contributed by atoms with van der Waals surface area (Å²) >= 11 is 0. The number of nitrogens with zero attached hydrogens (tertiary/aromatic N) is 2. The average Bonchev–Trinajstić information content (AvgIpc) is 3.41. The third kappa shape index (κ3) is 4.68. The molecule has 4 rings (SSSR count). The van der Waals surface area contributed by atoms with Crippen LogP contribution in [0.15, 0.2) is 24.3 Å². The molecular weight excluding hydrogens is 350 g/mol. The minimum Gasteiger partial charge on any atom is -0.353 e. The van der Waals surface area contributed by atoms with Gasteiger partial charge in [0.2, 0.25) is 5.91 Å². The largest absolute Gasteiger partial charge is 0.353 e. The smallest absolute Gasteiger partial charge is 0.319 e. The second-order valence-corrected chi connectivity index (χ2v) is 8.88. The number of hydrogen-bond donors (Lipinski definition) is 1. The molecule has 5 heteroatoms. The maximum atomic E-state index is 12.9. The van der Waals surface area contributed by atoms with E-state index < -0.39 is 0 Å². The molecule has 2 heterocycles. The minimum absolute atomic E-state index is 0.0430. The molecule has 1 aliphatic carbocycles. The van der Waals surface area contributed by atoms with E-state index in [1.807, 2.05) is 9.80 Å². The van der Waals surface area contributed by atoms with E-state index in [2.05, 4.69) is 36.5 Å². The average molecular weight is 384 g/mol. The summed E-state index contributed by atoms with van der Waals surface area (Å²) in [7, 11) is 0. The van der Waals surface area contributed by atoms with Crippen LogP contribution in [-0.2, 0) is 11.2 Å². The van der Waals surface area contributed by atoms with Gasteiger partial charge in [-0.1, -0.05) is 29.8 Å². The molecule has 0 spiro atoms. The zero-order valence-corrected chi connectivity index (χ0v) is 17.0. The molecule has 1 atom stereocenters. The van der Waals surface area contributed by atoms with E-state index in [1.165, 1.54) is 24.0 Å². The third-order valence-electron chi connectivity index (χ3n) is 6.57. The van der Waals surface area contributed by atoms with E-state index in [-0.39, 0.29) is 23.9 Å². The highest BCUT2D eigenvalue weighted by atomic mass is 16.2. The van der Waals surface area contributed by atoms with Crippen LogP contribution in [-0.4, -0.2) is 54.0 Å². The number of likely N-dealkylation sites (tertiary alicyclic amines) is 2. The van der Waals surface area contributed by atoms with Crippen molar-refractivity contribution in [2.75, 3.05) is 26.2 Å². The van der Waals surface area contributed by atoms with Crippen molar-refractivity contribution in [3.63, 3.8) is 0 Å². The quantitative estimate of drug-likeness (QED) is 0.848. The Labute approximate surface area is 168 Å². The number of nitrogens with one attached hydrogen (secondary N) is 1. The number of rotatable bonds is 5. The molecule has 5 nitrogen and oxygen atoms in total. The second kappa shape index (κ2) is 8.54. The lowest BCUT2D eigenvalue weighted by atomic mass is 9.94. The highest BCUT2D eigenvalue weighted by Gasteiger charge is 2.35. The number of carbonyl (C=O) groups excluding carboxylic acids is 2. The predicted octanol–water partition coefficient (Wildman–Crippen LogP) is 3.36. The number of amides is 3. The van der Waals surface area contributed by atoms with E-state index in [4.69, 9.17) is 0 Å². The van der Waals surface area contributed by atoms with Crippen molar-refractivity contribution in [3.05, 3.63) is 35.4 Å². The summed E-state index contributed by atoms with van der Waals surface area (Å²) < 4.78 is 0. The minimum atomic E-state index is 0.0430. The van der Waals surface area contributed by atoms with Crippen LogP contribution >= 0.6 is 0 Å². The first kappa shape index (κ1) is 19.3. The van der Waals surface area contributed by atoms with Gasteiger partial charge >= 0.3 is 6.03 Å². The van der Waals surface area contributed by atoms with Gasteiger partial charge in [0.05, 0.1) is 0 Å². The molecule has 1 aromatic carbocycles. The van der Waals surface area contributed by atoms with Crippen molar-refractivity contribution in [3.8, 4) is 0 Å². The van der Waals surface area contributed by atoms with Crippen molar-refractivity contribution in [1.29, 1.82) is 0 Å². The Kier molecular flexibility index (Phi) is 5.88. The van der Waals surface area contributed by atoms with Crippen molar-refractivity contribution in [2.24, 2.45) is 11.8 Å². The van der Waals surface area contributed by atoms with Crippen LogP contribution in [0.25, 0.3) is 0 Å². The standard InChI is InChI=1S/C23H33N3O2/c1-17-5-4-6-18(15-17)16-21(19-7-8-19)24-22(27)20-9-13-26(14-10-20)23(28)25-11-2-3-12-25/h4-6,15,19-21H,2-3,7-14,16H2,1H3,(H,24,27). The normalized spacial score (nSPS) is 21.6. The Morgan fingerprint density at radius 3 is 2.36 bits per heavy atom. The summed E-state index contributed by atoms with van der Waals surface area (Å²) in [5.74, 6) is 0.862. The van der Waals surface area contributed by atoms with Crippen LogP contribution in [0.4, 0.5) is 4.79 Å². The molecule has 3 amide bonds. The first-order valence-corrected chi connectivity index (χ1v) is 11.0. The summed E-state index contributed by atoms with van der Waals surface area (Å²) in [5.41, 5.74) is 2.58. The lowest BCUT2D eigenvalue weighted by Crippen LogP contribution is -2.49. The summed E-state index contributed by atoms with van der Waals surface area (Å²) in [6.45, 7) is 5.31. The van der Waals surface area contributed by atoms with Crippen molar-refractivity contribution < 1.29 is 9.59 Å². The maximum Gasteiger partial charge on any atom is 0.319 e. The van der Waals surface area contributed by atoms with Gasteiger partial charge in [0.1, 0.15) is 0 Å². The number of hydrogen-bond acceptors (Lipinski definition) is 2. The Morgan fingerprint density at radius 2 is 1.71 bits per heavy atom. The fraction of sp³-hybridized carbons (Fsp3) is 0.652. The molecule has 0 radical (unpaired) electrons. The number of carbonyl (C=O) groups is 2. The number of aryl methyl sites for hydroxylation is 1. The lowest BCUT2D eigenvalue weighted by Gasteiger charge is -2.34. The molecule has 1 aromatic rings. The summed E-state index contributed by atoms with van der Waals surface area (Å²) in [6.07, 6.45) is 7.17. The van der Waals surface area contributed by atoms with Crippen LogP contribution in [0, 0.1) is 18.8 Å². The van der Waals surface area contributed by atoms with Crippen molar-refractivity contribution in [1.82, 2.24) is 15.1 Å². The molecular formula is C23H33N3O2. The van der Waals surface area contributed by atoms with Crippen LogP contribution in [0.3, 0.4) is 0 Å². The number of benzene rings is 1.